The van der Waals surface area contributed by atoms with E-state index in [0.29, 0.717) is 0 Å². The molecular formula is C19H13ClF3N5O4. The molecule has 0 saturated carbocycles. The number of aromatic nitrogens is 4. The predicted molar refractivity (Wildman–Crippen MR) is 104 cm³/mol. The first-order chi connectivity index (χ1) is 15.2. The lowest BCUT2D eigenvalue weighted by Crippen LogP contribution is -2.27. The lowest BCUT2D eigenvalue weighted by molar-refractivity contribution is -0.142. The number of benzene rings is 1. The molecule has 3 rings (SSSR count). The fraction of sp³-hybridized carbons (Fsp3) is 0.211. The summed E-state index contributed by atoms with van der Waals surface area (Å²) in [7, 11) is 2.66. The molecule has 0 unspecified atom stereocenters. The molecule has 1 aromatic carbocycles. The van der Waals surface area contributed by atoms with Gasteiger partial charge in [0.1, 0.15) is 5.75 Å². The Morgan fingerprint density at radius 3 is 2.56 bits per heavy atom. The van der Waals surface area contributed by atoms with E-state index in [-0.39, 0.29) is 40.3 Å². The first kappa shape index (κ1) is 22.8. The largest absolute Gasteiger partial charge is 0.481 e. The number of nitrogens with zero attached hydrogens (tertiary/aromatic N) is 5. The van der Waals surface area contributed by atoms with E-state index in [2.05, 4.69) is 15.0 Å². The number of rotatable bonds is 6. The Kier molecular flexibility index (Phi) is 6.50. The second-order valence-electron chi connectivity index (χ2n) is 6.13. The highest BCUT2D eigenvalue weighted by atomic mass is 35.5. The van der Waals surface area contributed by atoms with Crippen LogP contribution in [0.15, 0.2) is 35.5 Å². The number of halogens is 4. The summed E-state index contributed by atoms with van der Waals surface area (Å²) in [5.74, 6) is -1.26. The third-order valence-electron chi connectivity index (χ3n) is 4.00. The van der Waals surface area contributed by atoms with Crippen LogP contribution in [0.5, 0.6) is 23.4 Å². The van der Waals surface area contributed by atoms with Crippen LogP contribution in [-0.2, 0) is 12.7 Å². The van der Waals surface area contributed by atoms with E-state index >= 15 is 0 Å². The molecule has 0 aliphatic rings. The quantitative estimate of drug-likeness (QED) is 0.542. The summed E-state index contributed by atoms with van der Waals surface area (Å²) in [6, 6.07) is 5.39. The molecular weight excluding hydrogens is 455 g/mol. The molecule has 0 N–H and O–H groups in total. The van der Waals surface area contributed by atoms with Crippen LogP contribution in [0.4, 0.5) is 13.2 Å². The molecule has 0 aliphatic heterocycles. The standard InChI is InChI=1S/C19H13ClF3N5O4/c1-30-16-11(7-25-18(27-16)31-2)8-28-9-26-15(19(21,22)23)14(17(28)29)32-13-4-10(6-24)3-12(20)5-13/h3-5,7,9H,8H2,1-2H3. The molecule has 0 amide bonds. The molecule has 3 aromatic rings. The molecule has 0 aliphatic carbocycles. The van der Waals surface area contributed by atoms with E-state index < -0.39 is 23.2 Å². The molecule has 2 heterocycles. The van der Waals surface area contributed by atoms with Crippen LogP contribution in [0.2, 0.25) is 5.02 Å². The van der Waals surface area contributed by atoms with Gasteiger partial charge in [-0.25, -0.2) is 9.97 Å². The number of methoxy groups -OCH3 is 2. The van der Waals surface area contributed by atoms with E-state index in [9.17, 15) is 18.0 Å². The molecule has 0 fully saturated rings. The second kappa shape index (κ2) is 9.11. The summed E-state index contributed by atoms with van der Waals surface area (Å²) < 4.78 is 56.6. The maximum Gasteiger partial charge on any atom is 0.437 e. The SMILES string of the molecule is COc1ncc(Cn2cnc(C(F)(F)F)c(Oc3cc(Cl)cc(C#N)c3)c2=O)c(OC)n1. The van der Waals surface area contributed by atoms with E-state index in [1.165, 1.54) is 32.5 Å². The minimum absolute atomic E-state index is 0.00164. The topological polar surface area (TPSA) is 112 Å². The fourth-order valence-corrected chi connectivity index (χ4v) is 2.85. The highest BCUT2D eigenvalue weighted by molar-refractivity contribution is 6.30. The van der Waals surface area contributed by atoms with Gasteiger partial charge in [0.05, 0.1) is 44.3 Å². The lowest BCUT2D eigenvalue weighted by atomic mass is 10.2. The summed E-state index contributed by atoms with van der Waals surface area (Å²) in [6.45, 7) is -0.271. The van der Waals surface area contributed by atoms with Gasteiger partial charge in [-0.15, -0.1) is 0 Å². The van der Waals surface area contributed by atoms with Crippen molar-refractivity contribution in [3.05, 3.63) is 62.9 Å². The number of alkyl halides is 3. The van der Waals surface area contributed by atoms with Crippen LogP contribution in [0.25, 0.3) is 0 Å². The van der Waals surface area contributed by atoms with Gasteiger partial charge in [0.15, 0.2) is 5.69 Å². The fourth-order valence-electron chi connectivity index (χ4n) is 2.62. The average molecular weight is 468 g/mol. The van der Waals surface area contributed by atoms with Gasteiger partial charge in [-0.2, -0.15) is 23.4 Å². The van der Waals surface area contributed by atoms with E-state index in [1.54, 1.807) is 6.07 Å². The zero-order valence-corrected chi connectivity index (χ0v) is 17.2. The number of ether oxygens (including phenoxy) is 3. The smallest absolute Gasteiger partial charge is 0.437 e. The first-order valence-corrected chi connectivity index (χ1v) is 9.03. The van der Waals surface area contributed by atoms with Crippen LogP contribution in [0.3, 0.4) is 0 Å². The van der Waals surface area contributed by atoms with Gasteiger partial charge in [-0.1, -0.05) is 11.6 Å². The molecule has 0 radical (unpaired) electrons. The Hall–Kier alpha value is -3.85. The maximum atomic E-state index is 13.5. The molecule has 13 heteroatoms. The number of hydrogen-bond donors (Lipinski definition) is 0. The van der Waals surface area contributed by atoms with Crippen molar-refractivity contribution in [2.24, 2.45) is 0 Å². The Morgan fingerprint density at radius 2 is 1.94 bits per heavy atom. The zero-order valence-electron chi connectivity index (χ0n) is 16.5. The summed E-state index contributed by atoms with van der Waals surface area (Å²) in [6.07, 6.45) is -2.96. The second-order valence-corrected chi connectivity index (χ2v) is 6.57. The molecule has 2 aromatic heterocycles. The molecule has 0 bridgehead atoms. The zero-order chi connectivity index (χ0) is 23.5. The molecule has 0 saturated heterocycles. The van der Waals surface area contributed by atoms with E-state index in [1.807, 2.05) is 0 Å². The summed E-state index contributed by atoms with van der Waals surface area (Å²) >= 11 is 5.87. The first-order valence-electron chi connectivity index (χ1n) is 8.65. The Bertz CT molecular complexity index is 1260. The van der Waals surface area contributed by atoms with Gasteiger partial charge in [0.25, 0.3) is 5.56 Å². The van der Waals surface area contributed by atoms with Crippen LogP contribution >= 0.6 is 11.6 Å². The normalized spacial score (nSPS) is 11.0. The van der Waals surface area contributed by atoms with E-state index in [0.717, 1.165) is 17.0 Å². The van der Waals surface area contributed by atoms with Gasteiger partial charge in [-0.05, 0) is 18.2 Å². The van der Waals surface area contributed by atoms with Crippen LogP contribution in [0, 0.1) is 11.3 Å². The number of nitriles is 1. The minimum atomic E-state index is -4.98. The van der Waals surface area contributed by atoms with Gasteiger partial charge >= 0.3 is 12.2 Å². The minimum Gasteiger partial charge on any atom is -0.481 e. The van der Waals surface area contributed by atoms with Crippen molar-refractivity contribution in [2.45, 2.75) is 12.7 Å². The molecule has 0 atom stereocenters. The number of hydrogen-bond acceptors (Lipinski definition) is 8. The van der Waals surface area contributed by atoms with Crippen molar-refractivity contribution in [3.63, 3.8) is 0 Å². The van der Waals surface area contributed by atoms with Crippen molar-refractivity contribution in [3.8, 4) is 29.5 Å². The molecule has 0 spiro atoms. The predicted octanol–water partition coefficient (Wildman–Crippen LogP) is 3.43. The summed E-state index contributed by atoms with van der Waals surface area (Å²) in [5, 5.41) is 9.07. The Morgan fingerprint density at radius 1 is 1.19 bits per heavy atom. The molecule has 32 heavy (non-hydrogen) atoms. The van der Waals surface area contributed by atoms with Crippen molar-refractivity contribution >= 4 is 11.6 Å². The molecule has 9 nitrogen and oxygen atoms in total. The Balaban J connectivity index is 2.09. The van der Waals surface area contributed by atoms with Crippen LogP contribution in [0.1, 0.15) is 16.8 Å². The van der Waals surface area contributed by atoms with Crippen LogP contribution < -0.4 is 19.8 Å². The lowest BCUT2D eigenvalue weighted by Gasteiger charge is -2.15. The summed E-state index contributed by atoms with van der Waals surface area (Å²) in [4.78, 5) is 24.1. The third-order valence-corrected chi connectivity index (χ3v) is 4.22. The average Bonchev–Trinajstić information content (AvgIpc) is 2.75. The van der Waals surface area contributed by atoms with Gasteiger partial charge in [0, 0.05) is 11.2 Å². The monoisotopic (exact) mass is 467 g/mol. The van der Waals surface area contributed by atoms with Gasteiger partial charge in [-0.3, -0.25) is 9.36 Å². The Labute approximate surface area is 183 Å². The maximum absolute atomic E-state index is 13.5. The molecule has 166 valence electrons. The summed E-state index contributed by atoms with van der Waals surface area (Å²) in [5.41, 5.74) is -2.36. The van der Waals surface area contributed by atoms with Gasteiger partial charge in [0.2, 0.25) is 11.6 Å². The highest BCUT2D eigenvalue weighted by Gasteiger charge is 2.38. The van der Waals surface area contributed by atoms with Crippen LogP contribution in [-0.4, -0.2) is 33.7 Å². The van der Waals surface area contributed by atoms with Crippen molar-refractivity contribution < 1.29 is 27.4 Å². The highest BCUT2D eigenvalue weighted by Crippen LogP contribution is 2.35. The van der Waals surface area contributed by atoms with E-state index in [4.69, 9.17) is 31.1 Å². The van der Waals surface area contributed by atoms with Crippen molar-refractivity contribution in [2.75, 3.05) is 14.2 Å². The van der Waals surface area contributed by atoms with Gasteiger partial charge < -0.3 is 14.2 Å². The van der Waals surface area contributed by atoms with Crippen molar-refractivity contribution in [1.82, 2.24) is 19.5 Å². The third kappa shape index (κ3) is 4.89. The van der Waals surface area contributed by atoms with Crippen molar-refractivity contribution in [1.29, 1.82) is 5.26 Å².